The van der Waals surface area contributed by atoms with Crippen molar-refractivity contribution in [3.63, 3.8) is 0 Å². The molecule has 9 heteroatoms. The predicted octanol–water partition coefficient (Wildman–Crippen LogP) is 0.547. The lowest BCUT2D eigenvalue weighted by atomic mass is 10.2. The first-order chi connectivity index (χ1) is 11.5. The topological polar surface area (TPSA) is 120 Å². The molecule has 1 unspecified atom stereocenters. The molecule has 0 aliphatic carbocycles. The molecule has 0 spiro atoms. The van der Waals surface area contributed by atoms with Crippen LogP contribution in [0.4, 0.5) is 16.4 Å². The second-order valence-electron chi connectivity index (χ2n) is 7.27. The summed E-state index contributed by atoms with van der Waals surface area (Å²) in [4.78, 5) is 32.5. The van der Waals surface area contributed by atoms with E-state index >= 15 is 0 Å². The number of nitrogens with zero attached hydrogens (tertiary/aromatic N) is 4. The van der Waals surface area contributed by atoms with Crippen molar-refractivity contribution in [3.8, 4) is 0 Å². The van der Waals surface area contributed by atoms with Gasteiger partial charge in [-0.2, -0.15) is 4.68 Å². The van der Waals surface area contributed by atoms with Crippen molar-refractivity contribution in [2.45, 2.75) is 52.2 Å². The van der Waals surface area contributed by atoms with Gasteiger partial charge in [0.2, 0.25) is 5.95 Å². The Morgan fingerprint density at radius 3 is 2.64 bits per heavy atom. The van der Waals surface area contributed by atoms with Crippen molar-refractivity contribution >= 4 is 17.7 Å². The van der Waals surface area contributed by atoms with Crippen LogP contribution in [-0.4, -0.2) is 52.4 Å². The molecule has 0 saturated carbocycles. The van der Waals surface area contributed by atoms with Crippen LogP contribution in [-0.2, 0) is 11.2 Å². The van der Waals surface area contributed by atoms with E-state index in [2.05, 4.69) is 4.98 Å². The van der Waals surface area contributed by atoms with Crippen LogP contribution in [0.2, 0.25) is 0 Å². The van der Waals surface area contributed by atoms with Crippen molar-refractivity contribution in [1.82, 2.24) is 14.6 Å². The van der Waals surface area contributed by atoms with Crippen molar-refractivity contribution in [2.75, 3.05) is 36.6 Å². The fraction of sp³-hybridized carbons (Fsp3) is 0.688. The Labute approximate surface area is 147 Å². The molecule has 1 fully saturated rings. The fourth-order valence-corrected chi connectivity index (χ4v) is 2.89. The number of aromatic nitrogens is 2. The number of hydrogen-bond donors (Lipinski definition) is 2. The minimum Gasteiger partial charge on any atom is -0.444 e. The van der Waals surface area contributed by atoms with Gasteiger partial charge in [0.25, 0.3) is 5.56 Å². The number of ether oxygens (including phenoxy) is 1. The van der Waals surface area contributed by atoms with E-state index in [0.717, 1.165) is 11.1 Å². The number of carbonyl (C=O) groups is 1. The zero-order chi connectivity index (χ0) is 18.9. The molecule has 0 radical (unpaired) electrons. The lowest BCUT2D eigenvalue weighted by Crippen LogP contribution is -2.43. The van der Waals surface area contributed by atoms with Crippen molar-refractivity contribution < 1.29 is 9.53 Å². The minimum atomic E-state index is -0.548. The maximum atomic E-state index is 12.5. The van der Waals surface area contributed by atoms with Crippen LogP contribution in [0.5, 0.6) is 0 Å². The molecule has 9 nitrogen and oxygen atoms in total. The number of hydrogen-bond acceptors (Lipinski definition) is 7. The highest BCUT2D eigenvalue weighted by Crippen LogP contribution is 2.24. The Morgan fingerprint density at radius 2 is 2.08 bits per heavy atom. The van der Waals surface area contributed by atoms with Gasteiger partial charge in [0.05, 0.1) is 11.7 Å². The first kappa shape index (κ1) is 18.9. The zero-order valence-electron chi connectivity index (χ0n) is 15.6. The first-order valence-electron chi connectivity index (χ1n) is 8.42. The molecule has 1 saturated heterocycles. The first-order valence-corrected chi connectivity index (χ1v) is 8.42. The third-order valence-corrected chi connectivity index (χ3v) is 4.23. The van der Waals surface area contributed by atoms with E-state index in [9.17, 15) is 9.59 Å². The average molecular weight is 352 g/mol. The van der Waals surface area contributed by atoms with Crippen LogP contribution in [0.3, 0.4) is 0 Å². The quantitative estimate of drug-likeness (QED) is 0.762. The van der Waals surface area contributed by atoms with E-state index in [-0.39, 0.29) is 23.6 Å². The van der Waals surface area contributed by atoms with Crippen LogP contribution >= 0.6 is 0 Å². The van der Waals surface area contributed by atoms with Crippen LogP contribution < -0.4 is 22.0 Å². The summed E-state index contributed by atoms with van der Waals surface area (Å²) in [5.41, 5.74) is 5.83. The number of aryl methyl sites for hydroxylation is 1. The van der Waals surface area contributed by atoms with Gasteiger partial charge in [-0.3, -0.25) is 4.79 Å². The van der Waals surface area contributed by atoms with E-state index < -0.39 is 5.60 Å². The molecule has 1 aromatic rings. The van der Waals surface area contributed by atoms with Gasteiger partial charge >= 0.3 is 6.09 Å². The highest BCUT2D eigenvalue weighted by Gasteiger charge is 2.33. The third-order valence-electron chi connectivity index (χ3n) is 4.23. The normalized spacial score (nSPS) is 17.6. The van der Waals surface area contributed by atoms with Gasteiger partial charge in [-0.05, 0) is 33.6 Å². The Hall–Kier alpha value is -2.45. The maximum Gasteiger partial charge on any atom is 0.410 e. The van der Waals surface area contributed by atoms with Crippen molar-refractivity contribution in [3.05, 3.63) is 16.0 Å². The molecular weight excluding hydrogens is 324 g/mol. The molecule has 1 aliphatic rings. The summed E-state index contributed by atoms with van der Waals surface area (Å²) in [6, 6.07) is -0.0530. The summed E-state index contributed by atoms with van der Waals surface area (Å²) < 4.78 is 6.27. The van der Waals surface area contributed by atoms with Crippen molar-refractivity contribution in [1.29, 1.82) is 0 Å². The van der Waals surface area contributed by atoms with E-state index in [0.29, 0.717) is 30.9 Å². The van der Waals surface area contributed by atoms with Gasteiger partial charge < -0.3 is 26.1 Å². The summed E-state index contributed by atoms with van der Waals surface area (Å²) in [6.45, 7) is 8.55. The van der Waals surface area contributed by atoms with Crippen LogP contribution in [0.15, 0.2) is 4.79 Å². The van der Waals surface area contributed by atoms with Crippen LogP contribution in [0.1, 0.15) is 39.8 Å². The second kappa shape index (κ2) is 6.81. The van der Waals surface area contributed by atoms with E-state index in [1.54, 1.807) is 11.9 Å². The smallest absolute Gasteiger partial charge is 0.410 e. The fourth-order valence-electron chi connectivity index (χ4n) is 2.89. The van der Waals surface area contributed by atoms with Gasteiger partial charge in [-0.15, -0.1) is 0 Å². The number of nitrogens with two attached hydrogens (primary N) is 2. The summed E-state index contributed by atoms with van der Waals surface area (Å²) >= 11 is 0. The van der Waals surface area contributed by atoms with Crippen molar-refractivity contribution in [2.24, 2.45) is 0 Å². The number of likely N-dealkylation sites (N-methyl/N-ethyl adjacent to an activating group) is 1. The highest BCUT2D eigenvalue weighted by atomic mass is 16.6. The van der Waals surface area contributed by atoms with Crippen LogP contribution in [0.25, 0.3) is 0 Å². The Kier molecular flexibility index (Phi) is 5.15. The lowest BCUT2D eigenvalue weighted by Gasteiger charge is -2.29. The monoisotopic (exact) mass is 352 g/mol. The predicted molar refractivity (Wildman–Crippen MR) is 97.1 cm³/mol. The molecule has 1 aliphatic heterocycles. The molecule has 1 atom stereocenters. The number of anilines is 2. The number of nitrogen functional groups attached to an aromatic ring is 2. The zero-order valence-corrected chi connectivity index (χ0v) is 15.6. The lowest BCUT2D eigenvalue weighted by molar-refractivity contribution is 0.0238. The molecule has 25 heavy (non-hydrogen) atoms. The molecule has 4 N–H and O–H groups in total. The van der Waals surface area contributed by atoms with Gasteiger partial charge in [0, 0.05) is 20.1 Å². The van der Waals surface area contributed by atoms with Gasteiger partial charge in [-0.1, -0.05) is 6.92 Å². The number of rotatable bonds is 3. The SMILES string of the molecule is CCc1nc(N)n(N)c(=O)c1N1CCC(N(C)C(=O)OC(C)(C)C)C1. The highest BCUT2D eigenvalue weighted by molar-refractivity contribution is 5.68. The van der Waals surface area contributed by atoms with Gasteiger partial charge in [0.15, 0.2) is 0 Å². The molecule has 2 heterocycles. The number of amides is 1. The average Bonchev–Trinajstić information content (AvgIpc) is 2.99. The van der Waals surface area contributed by atoms with E-state index in [1.165, 1.54) is 0 Å². The maximum absolute atomic E-state index is 12.5. The van der Waals surface area contributed by atoms with Gasteiger partial charge in [-0.25, -0.2) is 9.78 Å². The summed E-state index contributed by atoms with van der Waals surface area (Å²) in [5, 5.41) is 0. The summed E-state index contributed by atoms with van der Waals surface area (Å²) in [7, 11) is 1.71. The molecule has 1 aromatic heterocycles. The molecule has 0 aromatic carbocycles. The second-order valence-corrected chi connectivity index (χ2v) is 7.27. The Bertz CT molecular complexity index is 709. The standard InChI is InChI=1S/C16H28N6O3/c1-6-11-12(13(23)22(18)14(17)19-11)21-8-7-10(9-21)20(5)15(24)25-16(2,3)4/h10H,6-9,18H2,1-5H3,(H2,17,19). The van der Waals surface area contributed by atoms with E-state index in [4.69, 9.17) is 16.3 Å². The molecule has 2 rings (SSSR count). The summed E-state index contributed by atoms with van der Waals surface area (Å²) in [5.74, 6) is 5.68. The summed E-state index contributed by atoms with van der Waals surface area (Å²) in [6.07, 6.45) is 0.924. The Balaban J connectivity index is 2.20. The Morgan fingerprint density at radius 1 is 1.44 bits per heavy atom. The third kappa shape index (κ3) is 3.97. The van der Waals surface area contributed by atoms with Gasteiger partial charge in [0.1, 0.15) is 11.3 Å². The molecular formula is C16H28N6O3. The van der Waals surface area contributed by atoms with Crippen LogP contribution in [0, 0.1) is 0 Å². The molecule has 1 amide bonds. The largest absolute Gasteiger partial charge is 0.444 e. The number of carbonyl (C=O) groups excluding carboxylic acids is 1. The molecule has 0 bridgehead atoms. The minimum absolute atomic E-state index is 0.00720. The van der Waals surface area contributed by atoms with E-state index in [1.807, 2.05) is 32.6 Å². The molecule has 140 valence electrons.